The number of hydrogen-bond acceptors (Lipinski definition) is 5. The number of nitrogen functional groups attached to an aromatic ring is 1. The van der Waals surface area contributed by atoms with Crippen LogP contribution in [-0.4, -0.2) is 37.1 Å². The van der Waals surface area contributed by atoms with Crippen molar-refractivity contribution in [1.82, 2.24) is 15.2 Å². The van der Waals surface area contributed by atoms with Crippen LogP contribution in [0.5, 0.6) is 0 Å². The van der Waals surface area contributed by atoms with Crippen LogP contribution in [0.1, 0.15) is 16.5 Å². The van der Waals surface area contributed by atoms with E-state index in [-0.39, 0.29) is 6.04 Å². The molecule has 0 spiro atoms. The predicted octanol–water partition coefficient (Wildman–Crippen LogP) is 2.62. The molecule has 2 aromatic rings. The van der Waals surface area contributed by atoms with Crippen LogP contribution in [-0.2, 0) is 0 Å². The molecule has 0 aliphatic rings. The van der Waals surface area contributed by atoms with Crippen molar-refractivity contribution in [3.63, 3.8) is 0 Å². The van der Waals surface area contributed by atoms with E-state index in [9.17, 15) is 0 Å². The van der Waals surface area contributed by atoms with Crippen molar-refractivity contribution in [3.8, 4) is 0 Å². The molecule has 0 fully saturated rings. The highest BCUT2D eigenvalue weighted by Crippen LogP contribution is 2.31. The van der Waals surface area contributed by atoms with Crippen molar-refractivity contribution in [2.24, 2.45) is 0 Å². The van der Waals surface area contributed by atoms with Gasteiger partial charge in [0.05, 0.1) is 6.04 Å². The lowest BCUT2D eigenvalue weighted by molar-refractivity contribution is 0.393. The maximum absolute atomic E-state index is 6.32. The number of benzene rings is 1. The highest BCUT2D eigenvalue weighted by molar-refractivity contribution is 7.15. The number of anilines is 1. The van der Waals surface area contributed by atoms with Crippen LogP contribution in [0.3, 0.4) is 0 Å². The largest absolute Gasteiger partial charge is 0.375 e. The molecule has 1 heterocycles. The summed E-state index contributed by atoms with van der Waals surface area (Å²) in [4.78, 5) is 7.35. The Balaban J connectivity index is 2.22. The Morgan fingerprint density at radius 1 is 1.40 bits per heavy atom. The standard InChI is InChI=1S/C14H19ClN4S/c1-19(2)8-7-17-13(12-9-18-14(16)20-12)10-5-3-4-6-11(10)15/h3-6,9,13,17H,7-8H2,1-2H3,(H2,16,18). The van der Waals surface area contributed by atoms with Crippen LogP contribution in [0.25, 0.3) is 0 Å². The molecule has 0 aliphatic heterocycles. The molecule has 20 heavy (non-hydrogen) atoms. The molecule has 0 radical (unpaired) electrons. The van der Waals surface area contributed by atoms with E-state index in [1.807, 2.05) is 30.5 Å². The van der Waals surface area contributed by atoms with E-state index >= 15 is 0 Å². The molecule has 6 heteroatoms. The van der Waals surface area contributed by atoms with Gasteiger partial charge in [-0.15, -0.1) is 11.3 Å². The molecule has 3 N–H and O–H groups in total. The number of likely N-dealkylation sites (N-methyl/N-ethyl adjacent to an activating group) is 1. The van der Waals surface area contributed by atoms with Crippen LogP contribution in [0, 0.1) is 0 Å². The molecule has 4 nitrogen and oxygen atoms in total. The average molecular weight is 311 g/mol. The third kappa shape index (κ3) is 3.93. The zero-order valence-electron chi connectivity index (χ0n) is 11.6. The van der Waals surface area contributed by atoms with E-state index in [0.29, 0.717) is 5.13 Å². The number of aromatic nitrogens is 1. The second-order valence-electron chi connectivity index (χ2n) is 4.81. The third-order valence-corrected chi connectivity index (χ3v) is 4.19. The molecule has 0 aliphatic carbocycles. The molecule has 0 saturated carbocycles. The van der Waals surface area contributed by atoms with E-state index in [0.717, 1.165) is 28.6 Å². The molecular weight excluding hydrogens is 292 g/mol. The van der Waals surface area contributed by atoms with Gasteiger partial charge in [-0.2, -0.15) is 0 Å². The summed E-state index contributed by atoms with van der Waals surface area (Å²) in [5.74, 6) is 0. The fourth-order valence-electron chi connectivity index (χ4n) is 1.94. The Morgan fingerprint density at radius 2 is 2.15 bits per heavy atom. The van der Waals surface area contributed by atoms with Crippen LogP contribution >= 0.6 is 22.9 Å². The first kappa shape index (κ1) is 15.3. The molecule has 0 amide bonds. The number of nitrogens with two attached hydrogens (primary N) is 1. The van der Waals surface area contributed by atoms with Crippen molar-refractivity contribution >= 4 is 28.1 Å². The first-order chi connectivity index (χ1) is 9.58. The van der Waals surface area contributed by atoms with E-state index in [4.69, 9.17) is 17.3 Å². The Kier molecular flexibility index (Phi) is 5.37. The molecule has 0 bridgehead atoms. The normalized spacial score (nSPS) is 12.8. The van der Waals surface area contributed by atoms with Crippen LogP contribution in [0.4, 0.5) is 5.13 Å². The second-order valence-corrected chi connectivity index (χ2v) is 6.31. The van der Waals surface area contributed by atoms with E-state index in [1.165, 1.54) is 11.3 Å². The maximum atomic E-state index is 6.32. The fourth-order valence-corrected chi connectivity index (χ4v) is 2.96. The van der Waals surface area contributed by atoms with Crippen LogP contribution in [0.2, 0.25) is 5.02 Å². The van der Waals surface area contributed by atoms with Crippen LogP contribution < -0.4 is 11.1 Å². The van der Waals surface area contributed by atoms with Crippen molar-refractivity contribution in [3.05, 3.63) is 45.9 Å². The van der Waals surface area contributed by atoms with Gasteiger partial charge in [-0.25, -0.2) is 4.98 Å². The first-order valence-corrected chi connectivity index (χ1v) is 7.61. The number of rotatable bonds is 6. The monoisotopic (exact) mass is 310 g/mol. The SMILES string of the molecule is CN(C)CCNC(c1cnc(N)s1)c1ccccc1Cl. The van der Waals surface area contributed by atoms with Gasteiger partial charge in [-0.05, 0) is 25.7 Å². The summed E-state index contributed by atoms with van der Waals surface area (Å²) in [7, 11) is 4.10. The lowest BCUT2D eigenvalue weighted by atomic mass is 10.1. The van der Waals surface area contributed by atoms with Crippen molar-refractivity contribution < 1.29 is 0 Å². The van der Waals surface area contributed by atoms with E-state index < -0.39 is 0 Å². The number of thiazole rings is 1. The Labute approximate surface area is 128 Å². The Hall–Kier alpha value is -1.14. The summed E-state index contributed by atoms with van der Waals surface area (Å²) >= 11 is 7.81. The van der Waals surface area contributed by atoms with Gasteiger partial charge < -0.3 is 16.0 Å². The Bertz CT molecular complexity index is 556. The maximum Gasteiger partial charge on any atom is 0.180 e. The molecule has 108 valence electrons. The Morgan fingerprint density at radius 3 is 2.75 bits per heavy atom. The summed E-state index contributed by atoms with van der Waals surface area (Å²) in [6, 6.07) is 7.89. The summed E-state index contributed by atoms with van der Waals surface area (Å²) in [6.07, 6.45) is 1.82. The van der Waals surface area contributed by atoms with Gasteiger partial charge in [0.25, 0.3) is 0 Å². The zero-order chi connectivity index (χ0) is 14.5. The second kappa shape index (κ2) is 7.04. The molecule has 0 saturated heterocycles. The topological polar surface area (TPSA) is 54.2 Å². The molecule has 1 aromatic carbocycles. The quantitative estimate of drug-likeness (QED) is 0.861. The third-order valence-electron chi connectivity index (χ3n) is 2.95. The summed E-state index contributed by atoms with van der Waals surface area (Å²) in [5, 5.41) is 4.85. The van der Waals surface area contributed by atoms with Crippen molar-refractivity contribution in [1.29, 1.82) is 0 Å². The number of nitrogens with one attached hydrogen (secondary N) is 1. The predicted molar refractivity (Wildman–Crippen MR) is 86.4 cm³/mol. The molecule has 2 rings (SSSR count). The minimum Gasteiger partial charge on any atom is -0.375 e. The van der Waals surface area contributed by atoms with Crippen molar-refractivity contribution in [2.75, 3.05) is 32.9 Å². The highest BCUT2D eigenvalue weighted by atomic mass is 35.5. The molecule has 1 unspecified atom stereocenters. The zero-order valence-corrected chi connectivity index (χ0v) is 13.2. The lowest BCUT2D eigenvalue weighted by Gasteiger charge is -2.20. The minimum atomic E-state index is 0.0263. The van der Waals surface area contributed by atoms with Gasteiger partial charge in [-0.1, -0.05) is 29.8 Å². The van der Waals surface area contributed by atoms with Gasteiger partial charge >= 0.3 is 0 Å². The number of halogens is 1. The molecule has 1 aromatic heterocycles. The molecule has 1 atom stereocenters. The summed E-state index contributed by atoms with van der Waals surface area (Å²) < 4.78 is 0. The van der Waals surface area contributed by atoms with Gasteiger partial charge in [0.1, 0.15) is 0 Å². The van der Waals surface area contributed by atoms with E-state index in [2.05, 4.69) is 29.3 Å². The van der Waals surface area contributed by atoms with Gasteiger partial charge in [0, 0.05) is 29.2 Å². The summed E-state index contributed by atoms with van der Waals surface area (Å²) in [6.45, 7) is 1.82. The smallest absolute Gasteiger partial charge is 0.180 e. The van der Waals surface area contributed by atoms with Crippen molar-refractivity contribution in [2.45, 2.75) is 6.04 Å². The first-order valence-electron chi connectivity index (χ1n) is 6.41. The van der Waals surface area contributed by atoms with E-state index in [1.54, 1.807) is 0 Å². The number of nitrogens with zero attached hydrogens (tertiary/aromatic N) is 2. The van der Waals surface area contributed by atoms with Gasteiger partial charge in [0.15, 0.2) is 5.13 Å². The van der Waals surface area contributed by atoms with Crippen LogP contribution in [0.15, 0.2) is 30.5 Å². The molecular formula is C14H19ClN4S. The number of hydrogen-bond donors (Lipinski definition) is 2. The average Bonchev–Trinajstić information content (AvgIpc) is 2.82. The summed E-state index contributed by atoms with van der Waals surface area (Å²) in [5.41, 5.74) is 6.80. The minimum absolute atomic E-state index is 0.0263. The highest BCUT2D eigenvalue weighted by Gasteiger charge is 2.18. The fraction of sp³-hybridized carbons (Fsp3) is 0.357. The lowest BCUT2D eigenvalue weighted by Crippen LogP contribution is -2.30. The van der Waals surface area contributed by atoms with Gasteiger partial charge in [0.2, 0.25) is 0 Å². The van der Waals surface area contributed by atoms with Gasteiger partial charge in [-0.3, -0.25) is 0 Å².